The lowest BCUT2D eigenvalue weighted by atomic mass is 10.2. The molecule has 0 aromatic carbocycles. The molecule has 1 aromatic heterocycles. The van der Waals surface area contributed by atoms with Gasteiger partial charge in [-0.1, -0.05) is 0 Å². The molecular formula is C11H11F3N2O7S. The number of pyridine rings is 1. The molecule has 13 heteroatoms. The lowest BCUT2D eigenvalue weighted by Crippen LogP contribution is -2.31. The van der Waals surface area contributed by atoms with Crippen molar-refractivity contribution in [3.63, 3.8) is 0 Å². The third kappa shape index (κ3) is 4.24. The summed E-state index contributed by atoms with van der Waals surface area (Å²) < 4.78 is 66.8. The molecule has 0 aliphatic rings. The number of rotatable bonds is 5. The van der Waals surface area contributed by atoms with Crippen LogP contribution in [-0.2, 0) is 19.6 Å². The number of carbonyl (C=O) groups is 2. The van der Waals surface area contributed by atoms with Gasteiger partial charge in [0.1, 0.15) is 6.54 Å². The monoisotopic (exact) mass is 372 g/mol. The number of amides is 1. The Bertz CT molecular complexity index is 762. The highest BCUT2D eigenvalue weighted by Gasteiger charge is 2.49. The first-order chi connectivity index (χ1) is 10.9. The minimum absolute atomic E-state index is 0.471. The Morgan fingerprint density at radius 2 is 1.96 bits per heavy atom. The van der Waals surface area contributed by atoms with E-state index in [4.69, 9.17) is 0 Å². The number of halogens is 3. The molecule has 24 heavy (non-hydrogen) atoms. The molecular weight excluding hydrogens is 361 g/mol. The van der Waals surface area contributed by atoms with E-state index >= 15 is 0 Å². The SMILES string of the molecule is COC(=O)CNC(=O)c1ncc(OS(=O)(=O)C(F)(F)F)c(C)c1O. The summed E-state index contributed by atoms with van der Waals surface area (Å²) in [7, 11) is -4.89. The Balaban J connectivity index is 3.07. The Morgan fingerprint density at radius 3 is 2.46 bits per heavy atom. The number of nitrogens with one attached hydrogen (secondary N) is 1. The Labute approximate surface area is 133 Å². The summed E-state index contributed by atoms with van der Waals surface area (Å²) in [6, 6.07) is 0. The molecule has 0 unspecified atom stereocenters. The average molecular weight is 372 g/mol. The smallest absolute Gasteiger partial charge is 0.505 e. The number of aromatic hydroxyl groups is 1. The number of ether oxygens (including phenoxy) is 1. The summed E-state index contributed by atoms with van der Waals surface area (Å²) in [5.41, 5.74) is -6.79. The van der Waals surface area contributed by atoms with Crippen LogP contribution in [0.3, 0.4) is 0 Å². The Kier molecular flexibility index (Phi) is 5.60. The highest BCUT2D eigenvalue weighted by molar-refractivity contribution is 7.88. The summed E-state index contributed by atoms with van der Waals surface area (Å²) in [5.74, 6) is -3.65. The molecule has 0 aliphatic heterocycles. The molecule has 0 saturated carbocycles. The van der Waals surface area contributed by atoms with Crippen molar-refractivity contribution in [1.82, 2.24) is 10.3 Å². The van der Waals surface area contributed by atoms with E-state index in [0.29, 0.717) is 6.20 Å². The fourth-order valence-electron chi connectivity index (χ4n) is 1.30. The molecule has 0 radical (unpaired) electrons. The first-order valence-electron chi connectivity index (χ1n) is 5.95. The molecule has 1 rings (SSSR count). The van der Waals surface area contributed by atoms with E-state index in [2.05, 4.69) is 13.9 Å². The minimum Gasteiger partial charge on any atom is -0.505 e. The number of carbonyl (C=O) groups excluding carboxylic acids is 2. The second kappa shape index (κ2) is 6.90. The Hall–Kier alpha value is -2.57. The summed E-state index contributed by atoms with van der Waals surface area (Å²) >= 11 is 0. The van der Waals surface area contributed by atoms with Crippen LogP contribution in [0.4, 0.5) is 13.2 Å². The van der Waals surface area contributed by atoms with Crippen LogP contribution in [-0.4, -0.2) is 49.5 Å². The summed E-state index contributed by atoms with van der Waals surface area (Å²) in [6.07, 6.45) is 0.519. The number of aromatic nitrogens is 1. The molecule has 0 aliphatic carbocycles. The predicted molar refractivity (Wildman–Crippen MR) is 70.6 cm³/mol. The van der Waals surface area contributed by atoms with Crippen LogP contribution in [0.2, 0.25) is 0 Å². The fourth-order valence-corrected chi connectivity index (χ4v) is 1.80. The Morgan fingerprint density at radius 1 is 1.38 bits per heavy atom. The molecule has 9 nitrogen and oxygen atoms in total. The van der Waals surface area contributed by atoms with E-state index in [1.807, 2.05) is 5.32 Å². The lowest BCUT2D eigenvalue weighted by Gasteiger charge is -2.13. The second-order valence-corrected chi connectivity index (χ2v) is 5.72. The van der Waals surface area contributed by atoms with Crippen LogP contribution in [0.25, 0.3) is 0 Å². The summed E-state index contributed by atoms with van der Waals surface area (Å²) in [5, 5.41) is 11.8. The molecule has 1 amide bonds. The maximum absolute atomic E-state index is 12.3. The van der Waals surface area contributed by atoms with E-state index in [-0.39, 0.29) is 0 Å². The van der Waals surface area contributed by atoms with Crippen LogP contribution in [0.5, 0.6) is 11.5 Å². The van der Waals surface area contributed by atoms with Crippen molar-refractivity contribution >= 4 is 22.0 Å². The predicted octanol–water partition coefficient (Wildman–Crippen LogP) is 0.227. The zero-order valence-electron chi connectivity index (χ0n) is 12.2. The first-order valence-corrected chi connectivity index (χ1v) is 7.36. The van der Waals surface area contributed by atoms with E-state index in [0.717, 1.165) is 14.0 Å². The van der Waals surface area contributed by atoms with Crippen molar-refractivity contribution in [2.75, 3.05) is 13.7 Å². The maximum Gasteiger partial charge on any atom is 0.534 e. The van der Waals surface area contributed by atoms with E-state index < -0.39 is 56.8 Å². The number of alkyl halides is 3. The molecule has 2 N–H and O–H groups in total. The highest BCUT2D eigenvalue weighted by atomic mass is 32.2. The molecule has 1 aromatic rings. The number of esters is 1. The molecule has 0 fully saturated rings. The molecule has 0 atom stereocenters. The van der Waals surface area contributed by atoms with Gasteiger partial charge >= 0.3 is 21.6 Å². The van der Waals surface area contributed by atoms with Gasteiger partial charge in [0, 0.05) is 5.56 Å². The van der Waals surface area contributed by atoms with E-state index in [1.54, 1.807) is 0 Å². The van der Waals surface area contributed by atoms with Crippen LogP contribution in [0.1, 0.15) is 16.1 Å². The van der Waals surface area contributed by atoms with Gasteiger partial charge in [-0.05, 0) is 6.92 Å². The zero-order chi connectivity index (χ0) is 18.7. The molecule has 0 saturated heterocycles. The van der Waals surface area contributed by atoms with Crippen molar-refractivity contribution in [3.8, 4) is 11.5 Å². The largest absolute Gasteiger partial charge is 0.534 e. The van der Waals surface area contributed by atoms with Gasteiger partial charge in [-0.25, -0.2) is 4.98 Å². The van der Waals surface area contributed by atoms with Crippen LogP contribution in [0.15, 0.2) is 6.20 Å². The topological polar surface area (TPSA) is 132 Å². The van der Waals surface area contributed by atoms with Crippen molar-refractivity contribution in [2.45, 2.75) is 12.4 Å². The van der Waals surface area contributed by atoms with Gasteiger partial charge in [0.2, 0.25) is 0 Å². The highest BCUT2D eigenvalue weighted by Crippen LogP contribution is 2.32. The van der Waals surface area contributed by atoms with Crippen LogP contribution >= 0.6 is 0 Å². The van der Waals surface area contributed by atoms with Crippen molar-refractivity contribution in [2.24, 2.45) is 0 Å². The third-order valence-electron chi connectivity index (χ3n) is 2.58. The van der Waals surface area contributed by atoms with Gasteiger partial charge < -0.3 is 19.3 Å². The van der Waals surface area contributed by atoms with E-state index in [1.165, 1.54) is 0 Å². The van der Waals surface area contributed by atoms with Gasteiger partial charge in [0.25, 0.3) is 5.91 Å². The zero-order valence-corrected chi connectivity index (χ0v) is 13.0. The van der Waals surface area contributed by atoms with E-state index in [9.17, 15) is 36.3 Å². The van der Waals surface area contributed by atoms with Gasteiger partial charge in [-0.2, -0.15) is 21.6 Å². The number of hydrogen-bond acceptors (Lipinski definition) is 8. The standard InChI is InChI=1S/C11H11F3N2O7S/c1-5-6(23-24(20,21)11(12,13)14)3-15-8(9(5)18)10(19)16-4-7(17)22-2/h3,18H,4H2,1-2H3,(H,16,19). The first kappa shape index (κ1) is 19.5. The van der Waals surface area contributed by atoms with Gasteiger partial charge in [0.05, 0.1) is 13.3 Å². The lowest BCUT2D eigenvalue weighted by molar-refractivity contribution is -0.139. The van der Waals surface area contributed by atoms with Gasteiger partial charge in [-0.3, -0.25) is 9.59 Å². The fraction of sp³-hybridized carbons (Fsp3) is 0.364. The van der Waals surface area contributed by atoms with Crippen LogP contribution in [0, 0.1) is 6.92 Å². The molecule has 134 valence electrons. The second-order valence-electron chi connectivity index (χ2n) is 4.19. The van der Waals surface area contributed by atoms with Crippen molar-refractivity contribution in [1.29, 1.82) is 0 Å². The van der Waals surface area contributed by atoms with Crippen molar-refractivity contribution in [3.05, 3.63) is 17.5 Å². The average Bonchev–Trinajstić information content (AvgIpc) is 2.48. The third-order valence-corrected chi connectivity index (χ3v) is 3.54. The summed E-state index contributed by atoms with van der Waals surface area (Å²) in [4.78, 5) is 25.9. The molecule has 0 bridgehead atoms. The van der Waals surface area contributed by atoms with Crippen molar-refractivity contribution < 1.29 is 45.2 Å². The van der Waals surface area contributed by atoms with Crippen LogP contribution < -0.4 is 9.50 Å². The molecule has 0 spiro atoms. The maximum atomic E-state index is 12.3. The minimum atomic E-state index is -5.96. The number of nitrogens with zero attached hydrogens (tertiary/aromatic N) is 1. The summed E-state index contributed by atoms with van der Waals surface area (Å²) in [6.45, 7) is 0.464. The number of hydrogen-bond donors (Lipinski definition) is 2. The van der Waals surface area contributed by atoms with Gasteiger partial charge in [0.15, 0.2) is 17.2 Å². The quantitative estimate of drug-likeness (QED) is 0.426. The van der Waals surface area contributed by atoms with Gasteiger partial charge in [-0.15, -0.1) is 0 Å². The number of methoxy groups -OCH3 is 1. The molecule has 1 heterocycles. The normalized spacial score (nSPS) is 11.7.